The van der Waals surface area contributed by atoms with Crippen LogP contribution in [0.2, 0.25) is 5.02 Å². The van der Waals surface area contributed by atoms with Crippen LogP contribution in [0.25, 0.3) is 0 Å². The molecule has 42 heavy (non-hydrogen) atoms. The van der Waals surface area contributed by atoms with E-state index in [9.17, 15) is 27.9 Å². The summed E-state index contributed by atoms with van der Waals surface area (Å²) in [5.41, 5.74) is -2.51. The molecule has 228 valence electrons. The highest BCUT2D eigenvalue weighted by atomic mass is 35.5. The molecule has 0 bridgehead atoms. The lowest BCUT2D eigenvalue weighted by Crippen LogP contribution is -2.57. The van der Waals surface area contributed by atoms with Gasteiger partial charge in [-0.25, -0.2) is 0 Å². The average Bonchev–Trinajstić information content (AvgIpc) is 3.33. The van der Waals surface area contributed by atoms with Gasteiger partial charge in [-0.2, -0.15) is 13.2 Å². The number of rotatable bonds is 5. The molecule has 2 aromatic rings. The quantitative estimate of drug-likeness (QED) is 0.437. The largest absolute Gasteiger partial charge is 0.430 e. The Labute approximate surface area is 250 Å². The molecule has 6 nitrogen and oxygen atoms in total. The van der Waals surface area contributed by atoms with E-state index in [2.05, 4.69) is 18.7 Å². The van der Waals surface area contributed by atoms with E-state index in [4.69, 9.17) is 11.6 Å². The number of piperidine rings is 2. The lowest BCUT2D eigenvalue weighted by molar-refractivity contribution is -0.262. The predicted octanol–water partition coefficient (Wildman–Crippen LogP) is 6.26. The summed E-state index contributed by atoms with van der Waals surface area (Å²) in [6.45, 7) is 6.15. The van der Waals surface area contributed by atoms with Crippen molar-refractivity contribution in [3.63, 3.8) is 0 Å². The summed E-state index contributed by atoms with van der Waals surface area (Å²) in [5.74, 6) is -0.615. The minimum Gasteiger partial charge on any atom is -0.371 e. The molecule has 2 aromatic carbocycles. The monoisotopic (exact) mass is 605 g/mol. The molecule has 0 saturated carbocycles. The SMILES string of the molecule is CC1CCC(C)N1C(=O)c1ccc(N2CCC(C3CCN(C(=O)[C@](O)(c4ccccc4)C(F)(F)F)CC3)CC2)cc1Cl. The Morgan fingerprint density at radius 2 is 1.38 bits per heavy atom. The second kappa shape index (κ2) is 12.1. The van der Waals surface area contributed by atoms with E-state index in [1.807, 2.05) is 23.1 Å². The molecule has 2 unspecified atom stereocenters. The first kappa shape index (κ1) is 30.7. The molecule has 10 heteroatoms. The molecule has 0 spiro atoms. The first-order chi connectivity index (χ1) is 19.9. The number of carbonyl (C=O) groups is 2. The number of hydrogen-bond donors (Lipinski definition) is 1. The van der Waals surface area contributed by atoms with Crippen LogP contribution in [0.4, 0.5) is 18.9 Å². The van der Waals surface area contributed by atoms with Crippen LogP contribution >= 0.6 is 11.6 Å². The number of likely N-dealkylation sites (tertiary alicyclic amines) is 2. The molecule has 3 atom stereocenters. The first-order valence-electron chi connectivity index (χ1n) is 14.9. The molecular weight excluding hydrogens is 567 g/mol. The summed E-state index contributed by atoms with van der Waals surface area (Å²) in [5, 5.41) is 11.1. The number of amides is 2. The number of hydrogen-bond acceptors (Lipinski definition) is 4. The summed E-state index contributed by atoms with van der Waals surface area (Å²) < 4.78 is 42.0. The standard InChI is InChI=1S/C32H39ClF3N3O3/c1-21-8-9-22(2)39(21)29(40)27-11-10-26(20-28(27)33)37-16-12-23(13-17-37)24-14-18-38(19-15-24)30(41)31(42,32(34,35)36)25-6-4-3-5-7-25/h3-7,10-11,20-24,42H,8-9,12-19H2,1-2H3/t21?,22?,31-/m1/s1. The van der Waals surface area contributed by atoms with Gasteiger partial charge in [0, 0.05) is 49.5 Å². The molecule has 0 aliphatic carbocycles. The predicted molar refractivity (Wildman–Crippen MR) is 156 cm³/mol. The third-order valence-corrected chi connectivity index (χ3v) is 9.99. The molecule has 3 fully saturated rings. The van der Waals surface area contributed by atoms with Crippen LogP contribution in [0, 0.1) is 11.8 Å². The minimum atomic E-state index is -5.13. The molecule has 3 saturated heterocycles. The molecule has 3 aliphatic rings. The zero-order valence-corrected chi connectivity index (χ0v) is 24.9. The van der Waals surface area contributed by atoms with E-state index in [-0.39, 0.29) is 31.1 Å². The summed E-state index contributed by atoms with van der Waals surface area (Å²) in [6.07, 6.45) is -0.0715. The zero-order chi connectivity index (χ0) is 30.2. The third kappa shape index (κ3) is 5.74. The lowest BCUT2D eigenvalue weighted by Gasteiger charge is -2.42. The summed E-state index contributed by atoms with van der Waals surface area (Å²) in [6, 6.07) is 12.7. The van der Waals surface area contributed by atoms with Gasteiger partial charge in [0.15, 0.2) is 0 Å². The minimum absolute atomic E-state index is 0.0231. The van der Waals surface area contributed by atoms with Gasteiger partial charge in [0.2, 0.25) is 0 Å². The van der Waals surface area contributed by atoms with E-state index in [1.165, 1.54) is 17.0 Å². The van der Waals surface area contributed by atoms with Crippen LogP contribution in [0.3, 0.4) is 0 Å². The Kier molecular flexibility index (Phi) is 8.82. The maximum Gasteiger partial charge on any atom is 0.430 e. The van der Waals surface area contributed by atoms with Crippen LogP contribution in [0.5, 0.6) is 0 Å². The van der Waals surface area contributed by atoms with Crippen molar-refractivity contribution >= 4 is 29.1 Å². The normalized spacial score (nSPS) is 24.1. The van der Waals surface area contributed by atoms with Gasteiger partial charge in [-0.1, -0.05) is 41.9 Å². The Hall–Kier alpha value is -2.78. The summed E-state index contributed by atoms with van der Waals surface area (Å²) in [4.78, 5) is 31.6. The molecule has 0 aromatic heterocycles. The smallest absolute Gasteiger partial charge is 0.371 e. The van der Waals surface area contributed by atoms with Crippen molar-refractivity contribution in [2.75, 3.05) is 31.1 Å². The van der Waals surface area contributed by atoms with Gasteiger partial charge >= 0.3 is 6.18 Å². The molecule has 5 rings (SSSR count). The van der Waals surface area contributed by atoms with Crippen molar-refractivity contribution in [1.29, 1.82) is 0 Å². The molecule has 3 aliphatic heterocycles. The van der Waals surface area contributed by atoms with Gasteiger partial charge in [-0.05, 0) is 82.4 Å². The highest BCUT2D eigenvalue weighted by molar-refractivity contribution is 6.34. The fourth-order valence-corrected chi connectivity index (χ4v) is 7.38. The Morgan fingerprint density at radius 3 is 1.90 bits per heavy atom. The number of aliphatic hydroxyl groups is 1. The maximum atomic E-state index is 14.0. The second-order valence-corrected chi connectivity index (χ2v) is 12.6. The van der Waals surface area contributed by atoms with Gasteiger partial charge < -0.3 is 19.8 Å². The first-order valence-corrected chi connectivity index (χ1v) is 15.3. The van der Waals surface area contributed by atoms with Crippen LogP contribution in [-0.4, -0.2) is 71.2 Å². The average molecular weight is 606 g/mol. The van der Waals surface area contributed by atoms with Gasteiger partial charge in [-0.15, -0.1) is 0 Å². The van der Waals surface area contributed by atoms with E-state index in [0.29, 0.717) is 35.3 Å². The molecule has 3 heterocycles. The van der Waals surface area contributed by atoms with E-state index in [0.717, 1.165) is 56.6 Å². The number of carbonyl (C=O) groups excluding carboxylic acids is 2. The third-order valence-electron chi connectivity index (χ3n) is 9.68. The number of anilines is 1. The van der Waals surface area contributed by atoms with Gasteiger partial charge in [0.1, 0.15) is 0 Å². The van der Waals surface area contributed by atoms with Crippen LogP contribution in [0.15, 0.2) is 48.5 Å². The number of alkyl halides is 3. The van der Waals surface area contributed by atoms with Gasteiger partial charge in [-0.3, -0.25) is 9.59 Å². The zero-order valence-electron chi connectivity index (χ0n) is 24.1. The number of benzene rings is 2. The fraction of sp³-hybridized carbons (Fsp3) is 0.562. The Balaban J connectivity index is 1.16. The van der Waals surface area contributed by atoms with Crippen molar-refractivity contribution in [3.8, 4) is 0 Å². The molecule has 0 radical (unpaired) electrons. The topological polar surface area (TPSA) is 64.1 Å². The maximum absolute atomic E-state index is 14.0. The molecular formula is C32H39ClF3N3O3. The molecule has 1 N–H and O–H groups in total. The van der Waals surface area contributed by atoms with Gasteiger partial charge in [0.25, 0.3) is 17.4 Å². The summed E-state index contributed by atoms with van der Waals surface area (Å²) >= 11 is 6.61. The van der Waals surface area contributed by atoms with E-state index in [1.54, 1.807) is 6.07 Å². The Morgan fingerprint density at radius 1 is 0.833 bits per heavy atom. The second-order valence-electron chi connectivity index (χ2n) is 12.2. The summed E-state index contributed by atoms with van der Waals surface area (Å²) in [7, 11) is 0. The highest BCUT2D eigenvalue weighted by Crippen LogP contribution is 2.42. The van der Waals surface area contributed by atoms with Crippen molar-refractivity contribution in [2.24, 2.45) is 11.8 Å². The molecule has 2 amide bonds. The van der Waals surface area contributed by atoms with Crippen LogP contribution < -0.4 is 4.90 Å². The lowest BCUT2D eigenvalue weighted by atomic mass is 9.78. The van der Waals surface area contributed by atoms with Crippen molar-refractivity contribution < 1.29 is 27.9 Å². The highest BCUT2D eigenvalue weighted by Gasteiger charge is 2.62. The number of nitrogens with zero attached hydrogens (tertiary/aromatic N) is 3. The van der Waals surface area contributed by atoms with E-state index >= 15 is 0 Å². The number of halogens is 4. The van der Waals surface area contributed by atoms with Crippen LogP contribution in [0.1, 0.15) is 68.3 Å². The Bertz CT molecular complexity index is 1270. The van der Waals surface area contributed by atoms with Crippen molar-refractivity contribution in [3.05, 3.63) is 64.7 Å². The fourth-order valence-electron chi connectivity index (χ4n) is 7.13. The van der Waals surface area contributed by atoms with E-state index < -0.39 is 23.2 Å². The van der Waals surface area contributed by atoms with Gasteiger partial charge in [0.05, 0.1) is 10.6 Å². The van der Waals surface area contributed by atoms with Crippen molar-refractivity contribution in [1.82, 2.24) is 9.80 Å². The van der Waals surface area contributed by atoms with Crippen LogP contribution in [-0.2, 0) is 10.4 Å². The van der Waals surface area contributed by atoms with Crippen molar-refractivity contribution in [2.45, 2.75) is 76.2 Å².